The minimum atomic E-state index is -4.54. The van der Waals surface area contributed by atoms with Gasteiger partial charge >= 0.3 is 6.18 Å². The monoisotopic (exact) mass is 248 g/mol. The summed E-state index contributed by atoms with van der Waals surface area (Å²) in [5.74, 6) is 0. The Hall–Kier alpha value is -1.17. The van der Waals surface area contributed by atoms with Crippen LogP contribution >= 0.6 is 0 Å². The number of rotatable bonds is 1. The largest absolute Gasteiger partial charge is 0.416 e. The molecule has 1 aromatic heterocycles. The average molecular weight is 248 g/mol. The maximum atomic E-state index is 14.5. The first-order valence-corrected chi connectivity index (χ1v) is 5.35. The Bertz CT molecular complexity index is 397. The molecule has 0 aliphatic carbocycles. The first-order valence-electron chi connectivity index (χ1n) is 5.35. The summed E-state index contributed by atoms with van der Waals surface area (Å²) in [6.07, 6.45) is -2.42. The fourth-order valence-corrected chi connectivity index (χ4v) is 2.09. The number of hydrogen-bond donors (Lipinski definition) is 1. The highest BCUT2D eigenvalue weighted by molar-refractivity contribution is 5.32. The highest BCUT2D eigenvalue weighted by Gasteiger charge is 2.42. The van der Waals surface area contributed by atoms with Crippen LogP contribution in [0.4, 0.5) is 17.6 Å². The van der Waals surface area contributed by atoms with Crippen molar-refractivity contribution in [1.82, 2.24) is 10.3 Å². The van der Waals surface area contributed by atoms with Crippen molar-refractivity contribution in [2.75, 3.05) is 13.1 Å². The summed E-state index contributed by atoms with van der Waals surface area (Å²) < 4.78 is 52.8. The van der Waals surface area contributed by atoms with E-state index in [-0.39, 0.29) is 18.4 Å². The smallest absolute Gasteiger partial charge is 0.316 e. The summed E-state index contributed by atoms with van der Waals surface area (Å²) in [5.41, 5.74) is -3.18. The Balaban J connectivity index is 2.44. The van der Waals surface area contributed by atoms with Crippen molar-refractivity contribution in [3.63, 3.8) is 0 Å². The third-order valence-electron chi connectivity index (χ3n) is 3.01. The normalized spacial score (nSPS) is 20.2. The summed E-state index contributed by atoms with van der Waals surface area (Å²) >= 11 is 0. The topological polar surface area (TPSA) is 24.9 Å². The third kappa shape index (κ3) is 2.41. The second kappa shape index (κ2) is 4.25. The van der Waals surface area contributed by atoms with E-state index < -0.39 is 17.4 Å². The molecule has 2 rings (SSSR count). The van der Waals surface area contributed by atoms with Gasteiger partial charge in [-0.05, 0) is 32.0 Å². The van der Waals surface area contributed by atoms with Crippen LogP contribution in [-0.4, -0.2) is 18.1 Å². The average Bonchev–Trinajstić information content (AvgIpc) is 2.29. The standard InChI is InChI=1S/C11H12F4N2/c12-10(2-5-16-6-3-10)9-7-17-4-1-8(9)11(13,14)15/h1,4,7,16H,2-3,5-6H2. The van der Waals surface area contributed by atoms with Crippen LogP contribution in [-0.2, 0) is 11.8 Å². The van der Waals surface area contributed by atoms with Gasteiger partial charge in [-0.25, -0.2) is 4.39 Å². The van der Waals surface area contributed by atoms with E-state index in [9.17, 15) is 17.6 Å². The molecule has 1 aliphatic rings. The molecule has 1 saturated heterocycles. The fourth-order valence-electron chi connectivity index (χ4n) is 2.09. The molecule has 0 spiro atoms. The number of piperidine rings is 1. The Morgan fingerprint density at radius 3 is 2.47 bits per heavy atom. The quantitative estimate of drug-likeness (QED) is 0.773. The van der Waals surface area contributed by atoms with Gasteiger partial charge in [0, 0.05) is 18.0 Å². The molecular weight excluding hydrogens is 236 g/mol. The molecule has 0 amide bonds. The predicted octanol–water partition coefficient (Wildman–Crippen LogP) is 2.65. The highest BCUT2D eigenvalue weighted by atomic mass is 19.4. The van der Waals surface area contributed by atoms with Crippen LogP contribution in [0.5, 0.6) is 0 Å². The van der Waals surface area contributed by atoms with Crippen molar-refractivity contribution in [3.05, 3.63) is 29.6 Å². The van der Waals surface area contributed by atoms with Crippen molar-refractivity contribution in [3.8, 4) is 0 Å². The summed E-state index contributed by atoms with van der Waals surface area (Å²) in [6.45, 7) is 0.755. The molecule has 6 heteroatoms. The Morgan fingerprint density at radius 2 is 1.88 bits per heavy atom. The lowest BCUT2D eigenvalue weighted by molar-refractivity contribution is -0.140. The lowest BCUT2D eigenvalue weighted by Crippen LogP contribution is -2.38. The molecule has 94 valence electrons. The van der Waals surface area contributed by atoms with Crippen molar-refractivity contribution in [2.24, 2.45) is 0 Å². The van der Waals surface area contributed by atoms with E-state index in [4.69, 9.17) is 0 Å². The number of halogens is 4. The molecular formula is C11H12F4N2. The summed E-state index contributed by atoms with van der Waals surface area (Å²) in [6, 6.07) is 0.832. The summed E-state index contributed by atoms with van der Waals surface area (Å²) in [7, 11) is 0. The Morgan fingerprint density at radius 1 is 1.24 bits per heavy atom. The van der Waals surface area contributed by atoms with Gasteiger partial charge in [0.1, 0.15) is 5.67 Å². The van der Waals surface area contributed by atoms with Crippen LogP contribution in [0.1, 0.15) is 24.0 Å². The molecule has 1 aliphatic heterocycles. The van der Waals surface area contributed by atoms with Crippen molar-refractivity contribution >= 4 is 0 Å². The number of aromatic nitrogens is 1. The SMILES string of the molecule is FC(F)(F)c1ccncc1C1(F)CCNCC1. The molecule has 1 N–H and O–H groups in total. The third-order valence-corrected chi connectivity index (χ3v) is 3.01. The molecule has 2 nitrogen and oxygen atoms in total. The molecule has 1 aromatic rings. The minimum absolute atomic E-state index is 0.0434. The minimum Gasteiger partial charge on any atom is -0.316 e. The first-order chi connectivity index (χ1) is 7.93. The van der Waals surface area contributed by atoms with Crippen LogP contribution in [0.3, 0.4) is 0 Å². The van der Waals surface area contributed by atoms with E-state index in [2.05, 4.69) is 10.3 Å². The van der Waals surface area contributed by atoms with Gasteiger partial charge < -0.3 is 5.32 Å². The summed E-state index contributed by atoms with van der Waals surface area (Å²) in [5, 5.41) is 2.93. The van der Waals surface area contributed by atoms with Crippen LogP contribution in [0.25, 0.3) is 0 Å². The predicted molar refractivity (Wildman–Crippen MR) is 54.1 cm³/mol. The van der Waals surface area contributed by atoms with Gasteiger partial charge in [0.25, 0.3) is 0 Å². The zero-order valence-electron chi connectivity index (χ0n) is 9.02. The van der Waals surface area contributed by atoms with Gasteiger partial charge in [-0.15, -0.1) is 0 Å². The van der Waals surface area contributed by atoms with Crippen LogP contribution < -0.4 is 5.32 Å². The number of nitrogens with one attached hydrogen (secondary N) is 1. The second-order valence-electron chi connectivity index (χ2n) is 4.13. The molecule has 0 atom stereocenters. The molecule has 0 saturated carbocycles. The van der Waals surface area contributed by atoms with E-state index in [1.807, 2.05) is 0 Å². The van der Waals surface area contributed by atoms with E-state index in [1.165, 1.54) is 0 Å². The van der Waals surface area contributed by atoms with Crippen LogP contribution in [0.2, 0.25) is 0 Å². The number of alkyl halides is 4. The first kappa shape index (κ1) is 12.3. The van der Waals surface area contributed by atoms with Gasteiger partial charge in [0.2, 0.25) is 0 Å². The lowest BCUT2D eigenvalue weighted by Gasteiger charge is -2.32. The zero-order valence-corrected chi connectivity index (χ0v) is 9.02. The van der Waals surface area contributed by atoms with Crippen molar-refractivity contribution < 1.29 is 17.6 Å². The van der Waals surface area contributed by atoms with Gasteiger partial charge in [0.05, 0.1) is 5.56 Å². The number of hydrogen-bond acceptors (Lipinski definition) is 2. The zero-order chi connectivity index (χ0) is 12.5. The van der Waals surface area contributed by atoms with Crippen molar-refractivity contribution in [2.45, 2.75) is 24.7 Å². The van der Waals surface area contributed by atoms with E-state index >= 15 is 0 Å². The van der Waals surface area contributed by atoms with E-state index in [0.29, 0.717) is 13.1 Å². The van der Waals surface area contributed by atoms with Crippen LogP contribution in [0.15, 0.2) is 18.5 Å². The molecule has 1 fully saturated rings. The van der Waals surface area contributed by atoms with E-state index in [1.54, 1.807) is 0 Å². The lowest BCUT2D eigenvalue weighted by atomic mass is 9.85. The number of nitrogens with zero attached hydrogens (tertiary/aromatic N) is 1. The van der Waals surface area contributed by atoms with Gasteiger partial charge in [-0.3, -0.25) is 4.98 Å². The molecule has 2 heterocycles. The maximum absolute atomic E-state index is 14.5. The van der Waals surface area contributed by atoms with Gasteiger partial charge in [0.15, 0.2) is 0 Å². The highest BCUT2D eigenvalue weighted by Crippen LogP contribution is 2.42. The molecule has 17 heavy (non-hydrogen) atoms. The molecule has 0 radical (unpaired) electrons. The Kier molecular flexibility index (Phi) is 3.07. The maximum Gasteiger partial charge on any atom is 0.416 e. The molecule has 0 bridgehead atoms. The molecule has 0 aromatic carbocycles. The number of pyridine rings is 1. The van der Waals surface area contributed by atoms with Crippen LogP contribution in [0, 0.1) is 0 Å². The van der Waals surface area contributed by atoms with Gasteiger partial charge in [-0.1, -0.05) is 0 Å². The van der Waals surface area contributed by atoms with Gasteiger partial charge in [-0.2, -0.15) is 13.2 Å². The van der Waals surface area contributed by atoms with Crippen molar-refractivity contribution in [1.29, 1.82) is 0 Å². The summed E-state index contributed by atoms with van der Waals surface area (Å²) in [4.78, 5) is 3.62. The molecule has 0 unspecified atom stereocenters. The second-order valence-corrected chi connectivity index (χ2v) is 4.13. The Labute approximate surface area is 96.0 Å². The fraction of sp³-hybridized carbons (Fsp3) is 0.545. The van der Waals surface area contributed by atoms with E-state index in [0.717, 1.165) is 18.5 Å².